The Morgan fingerprint density at radius 1 is 1.09 bits per heavy atom. The lowest BCUT2D eigenvalue weighted by Crippen LogP contribution is -2.48. The van der Waals surface area contributed by atoms with Gasteiger partial charge in [-0.3, -0.25) is 4.79 Å². The van der Waals surface area contributed by atoms with Crippen LogP contribution in [0.3, 0.4) is 0 Å². The highest BCUT2D eigenvalue weighted by molar-refractivity contribution is 5.87. The molecule has 0 saturated heterocycles. The quantitative estimate of drug-likeness (QED) is 0.374. The standard InChI is InChI=1S/C26H41N3O3/c1-26(17-9-6-10-18-26)25(31)29-22(24(30)32-2)14-8-5-3-4-7-13-21-16-15-20-12-11-19-27-23(20)28-21/h15-16,22H,3-14,17-19H2,1-2H3,(H,27,28)(H,29,31)/t22-/m0/s1. The molecule has 1 aromatic heterocycles. The number of amides is 1. The molecule has 6 nitrogen and oxygen atoms in total. The summed E-state index contributed by atoms with van der Waals surface area (Å²) in [6.07, 6.45) is 14.5. The predicted molar refractivity (Wildman–Crippen MR) is 128 cm³/mol. The van der Waals surface area contributed by atoms with Gasteiger partial charge in [0, 0.05) is 17.7 Å². The molecule has 2 heterocycles. The number of carbonyl (C=O) groups excluding carboxylic acids is 2. The Bertz CT molecular complexity index is 759. The average Bonchev–Trinajstić information content (AvgIpc) is 2.82. The number of rotatable bonds is 11. The molecule has 2 aliphatic rings. The summed E-state index contributed by atoms with van der Waals surface area (Å²) in [5, 5.41) is 6.40. The highest BCUT2D eigenvalue weighted by atomic mass is 16.5. The number of ether oxygens (including phenoxy) is 1. The molecular formula is C26H41N3O3. The van der Waals surface area contributed by atoms with E-state index < -0.39 is 6.04 Å². The number of carbonyl (C=O) groups is 2. The zero-order chi connectivity index (χ0) is 22.8. The fraction of sp³-hybridized carbons (Fsp3) is 0.731. The van der Waals surface area contributed by atoms with Gasteiger partial charge in [0.05, 0.1) is 7.11 Å². The van der Waals surface area contributed by atoms with Crippen LogP contribution < -0.4 is 10.6 Å². The maximum absolute atomic E-state index is 12.8. The third kappa shape index (κ3) is 6.94. The molecule has 1 saturated carbocycles. The van der Waals surface area contributed by atoms with Gasteiger partial charge in [-0.25, -0.2) is 9.78 Å². The average molecular weight is 444 g/mol. The maximum atomic E-state index is 12.8. The fourth-order valence-corrected chi connectivity index (χ4v) is 4.98. The molecule has 1 fully saturated rings. The summed E-state index contributed by atoms with van der Waals surface area (Å²) in [6.45, 7) is 3.05. The number of aryl methyl sites for hydroxylation is 2. The number of anilines is 1. The predicted octanol–water partition coefficient (Wildman–Crippen LogP) is 4.95. The molecule has 0 radical (unpaired) electrons. The number of esters is 1. The highest BCUT2D eigenvalue weighted by Gasteiger charge is 2.36. The Balaban J connectivity index is 1.34. The second-order valence-electron chi connectivity index (χ2n) is 9.82. The first-order valence-electron chi connectivity index (χ1n) is 12.6. The molecule has 1 aliphatic carbocycles. The van der Waals surface area contributed by atoms with Gasteiger partial charge in [-0.2, -0.15) is 0 Å². The maximum Gasteiger partial charge on any atom is 0.328 e. The zero-order valence-electron chi connectivity index (χ0n) is 20.0. The summed E-state index contributed by atoms with van der Waals surface area (Å²) < 4.78 is 4.95. The van der Waals surface area contributed by atoms with Crippen molar-refractivity contribution < 1.29 is 14.3 Å². The third-order valence-electron chi connectivity index (χ3n) is 7.17. The number of methoxy groups -OCH3 is 1. The first kappa shape index (κ1) is 24.5. The lowest BCUT2D eigenvalue weighted by Gasteiger charge is -2.33. The summed E-state index contributed by atoms with van der Waals surface area (Å²) in [5.41, 5.74) is 2.16. The SMILES string of the molecule is COC(=O)[C@H](CCCCCCCc1ccc2c(n1)NCCC2)NC(=O)C1(C)CCCCC1. The Morgan fingerprint density at radius 3 is 2.62 bits per heavy atom. The molecule has 178 valence electrons. The summed E-state index contributed by atoms with van der Waals surface area (Å²) in [5.74, 6) is 0.760. The van der Waals surface area contributed by atoms with Crippen LogP contribution in [0, 0.1) is 5.41 Å². The lowest BCUT2D eigenvalue weighted by molar-refractivity contribution is -0.147. The van der Waals surface area contributed by atoms with Crippen LogP contribution in [0.1, 0.15) is 95.2 Å². The number of unbranched alkanes of at least 4 members (excludes halogenated alkanes) is 4. The van der Waals surface area contributed by atoms with Gasteiger partial charge in [0.25, 0.3) is 0 Å². The number of pyridine rings is 1. The smallest absolute Gasteiger partial charge is 0.328 e. The molecule has 0 aromatic carbocycles. The fourth-order valence-electron chi connectivity index (χ4n) is 4.98. The van der Waals surface area contributed by atoms with Crippen molar-refractivity contribution in [2.75, 3.05) is 19.0 Å². The van der Waals surface area contributed by atoms with E-state index in [9.17, 15) is 9.59 Å². The second-order valence-corrected chi connectivity index (χ2v) is 9.82. The number of fused-ring (bicyclic) bond motifs is 1. The van der Waals surface area contributed by atoms with E-state index in [2.05, 4.69) is 22.8 Å². The normalized spacial score (nSPS) is 18.2. The summed E-state index contributed by atoms with van der Waals surface area (Å²) >= 11 is 0. The zero-order valence-corrected chi connectivity index (χ0v) is 20.0. The molecule has 1 amide bonds. The molecule has 1 aromatic rings. The van der Waals surface area contributed by atoms with Crippen molar-refractivity contribution in [1.29, 1.82) is 0 Å². The van der Waals surface area contributed by atoms with Gasteiger partial charge < -0.3 is 15.4 Å². The van der Waals surface area contributed by atoms with Gasteiger partial charge in [0.15, 0.2) is 0 Å². The van der Waals surface area contributed by atoms with E-state index in [1.807, 2.05) is 6.92 Å². The van der Waals surface area contributed by atoms with Crippen LogP contribution in [0.15, 0.2) is 12.1 Å². The second kappa shape index (κ2) is 12.2. The van der Waals surface area contributed by atoms with E-state index in [4.69, 9.17) is 9.72 Å². The van der Waals surface area contributed by atoms with Crippen molar-refractivity contribution in [1.82, 2.24) is 10.3 Å². The van der Waals surface area contributed by atoms with Crippen molar-refractivity contribution >= 4 is 17.7 Å². The van der Waals surface area contributed by atoms with E-state index >= 15 is 0 Å². The minimum absolute atomic E-state index is 0.0136. The molecule has 0 unspecified atom stereocenters. The van der Waals surface area contributed by atoms with E-state index in [0.29, 0.717) is 6.42 Å². The number of nitrogens with zero attached hydrogens (tertiary/aromatic N) is 1. The summed E-state index contributed by atoms with van der Waals surface area (Å²) in [4.78, 5) is 29.8. The molecule has 2 N–H and O–H groups in total. The van der Waals surface area contributed by atoms with E-state index in [1.165, 1.54) is 31.2 Å². The van der Waals surface area contributed by atoms with Gasteiger partial charge >= 0.3 is 5.97 Å². The first-order chi connectivity index (χ1) is 15.5. The van der Waals surface area contributed by atoms with Crippen LogP contribution in [-0.4, -0.2) is 36.6 Å². The largest absolute Gasteiger partial charge is 0.467 e. The van der Waals surface area contributed by atoms with Crippen molar-refractivity contribution in [2.24, 2.45) is 5.41 Å². The molecule has 1 atom stereocenters. The van der Waals surface area contributed by atoms with E-state index in [0.717, 1.165) is 83.0 Å². The molecule has 0 spiro atoms. The Labute approximate surface area is 193 Å². The minimum atomic E-state index is -0.529. The van der Waals surface area contributed by atoms with Gasteiger partial charge in [0.2, 0.25) is 5.91 Å². The number of hydrogen-bond acceptors (Lipinski definition) is 5. The van der Waals surface area contributed by atoms with Crippen molar-refractivity contribution in [2.45, 2.75) is 103 Å². The molecular weight excluding hydrogens is 402 g/mol. The van der Waals surface area contributed by atoms with Crippen LogP contribution in [0.5, 0.6) is 0 Å². The topological polar surface area (TPSA) is 80.3 Å². The van der Waals surface area contributed by atoms with Crippen molar-refractivity contribution in [3.63, 3.8) is 0 Å². The monoisotopic (exact) mass is 443 g/mol. The molecule has 3 rings (SSSR count). The van der Waals surface area contributed by atoms with Crippen LogP contribution in [0.25, 0.3) is 0 Å². The van der Waals surface area contributed by atoms with E-state index in [1.54, 1.807) is 0 Å². The van der Waals surface area contributed by atoms with Crippen molar-refractivity contribution in [3.05, 3.63) is 23.4 Å². The summed E-state index contributed by atoms with van der Waals surface area (Å²) in [6, 6.07) is 3.86. The Hall–Kier alpha value is -2.11. The Morgan fingerprint density at radius 2 is 1.84 bits per heavy atom. The summed E-state index contributed by atoms with van der Waals surface area (Å²) in [7, 11) is 1.40. The first-order valence-corrected chi connectivity index (χ1v) is 12.6. The number of hydrogen-bond donors (Lipinski definition) is 2. The third-order valence-corrected chi connectivity index (χ3v) is 7.17. The van der Waals surface area contributed by atoms with Crippen LogP contribution in [0.2, 0.25) is 0 Å². The lowest BCUT2D eigenvalue weighted by atomic mass is 9.75. The van der Waals surface area contributed by atoms with Crippen LogP contribution >= 0.6 is 0 Å². The number of aromatic nitrogens is 1. The van der Waals surface area contributed by atoms with Crippen LogP contribution in [0.4, 0.5) is 5.82 Å². The van der Waals surface area contributed by atoms with Gasteiger partial charge in [-0.05, 0) is 56.6 Å². The molecule has 1 aliphatic heterocycles. The molecule has 6 heteroatoms. The Kier molecular flexibility index (Phi) is 9.36. The van der Waals surface area contributed by atoms with Crippen LogP contribution in [-0.2, 0) is 27.2 Å². The number of nitrogens with one attached hydrogen (secondary N) is 2. The molecule has 0 bridgehead atoms. The van der Waals surface area contributed by atoms with Crippen molar-refractivity contribution in [3.8, 4) is 0 Å². The minimum Gasteiger partial charge on any atom is -0.467 e. The highest BCUT2D eigenvalue weighted by Crippen LogP contribution is 2.36. The van der Waals surface area contributed by atoms with Gasteiger partial charge in [0.1, 0.15) is 11.9 Å². The van der Waals surface area contributed by atoms with E-state index in [-0.39, 0.29) is 17.3 Å². The van der Waals surface area contributed by atoms with Gasteiger partial charge in [-0.1, -0.05) is 57.9 Å². The molecule has 32 heavy (non-hydrogen) atoms. The van der Waals surface area contributed by atoms with Gasteiger partial charge in [-0.15, -0.1) is 0 Å².